The fraction of sp³-hybridized carbons (Fsp3) is 0.625. The second-order valence-corrected chi connectivity index (χ2v) is 5.63. The normalized spacial score (nSPS) is 20.6. The summed E-state index contributed by atoms with van der Waals surface area (Å²) in [6.45, 7) is 2.13. The average Bonchev–Trinajstić information content (AvgIpc) is 2.39. The molecule has 0 bridgehead atoms. The molecule has 1 aliphatic carbocycles. The van der Waals surface area contributed by atoms with E-state index in [1.807, 2.05) is 7.11 Å². The van der Waals surface area contributed by atoms with E-state index in [0.717, 1.165) is 19.3 Å². The Labute approximate surface area is 111 Å². The molecule has 2 nitrogen and oxygen atoms in total. The second kappa shape index (κ2) is 5.85. The third-order valence-corrected chi connectivity index (χ3v) is 4.32. The highest BCUT2D eigenvalue weighted by atomic mass is 16.5. The molecule has 1 fully saturated rings. The van der Waals surface area contributed by atoms with E-state index in [1.165, 1.54) is 30.4 Å². The van der Waals surface area contributed by atoms with E-state index in [4.69, 9.17) is 10.5 Å². The number of nitrogens with two attached hydrogens (primary N) is 1. The van der Waals surface area contributed by atoms with Crippen LogP contribution in [0.3, 0.4) is 0 Å². The van der Waals surface area contributed by atoms with Crippen molar-refractivity contribution in [2.24, 2.45) is 5.73 Å². The van der Waals surface area contributed by atoms with Crippen LogP contribution in [0, 0.1) is 6.92 Å². The Kier molecular flexibility index (Phi) is 4.41. The molecule has 1 atom stereocenters. The Hall–Kier alpha value is -0.860. The largest absolute Gasteiger partial charge is 0.377 e. The number of aryl methyl sites for hydroxylation is 1. The topological polar surface area (TPSA) is 35.2 Å². The molecule has 100 valence electrons. The summed E-state index contributed by atoms with van der Waals surface area (Å²) in [6, 6.07) is 8.73. The molecule has 1 saturated carbocycles. The van der Waals surface area contributed by atoms with Crippen LogP contribution in [-0.4, -0.2) is 18.8 Å². The first-order valence-electron chi connectivity index (χ1n) is 7.02. The van der Waals surface area contributed by atoms with Crippen LogP contribution in [-0.2, 0) is 11.2 Å². The highest BCUT2D eigenvalue weighted by molar-refractivity contribution is 5.23. The minimum Gasteiger partial charge on any atom is -0.377 e. The maximum atomic E-state index is 6.45. The van der Waals surface area contributed by atoms with Crippen molar-refractivity contribution in [3.05, 3.63) is 35.4 Å². The Morgan fingerprint density at radius 1 is 1.28 bits per heavy atom. The van der Waals surface area contributed by atoms with E-state index in [1.54, 1.807) is 0 Å². The zero-order chi connectivity index (χ0) is 13.0. The zero-order valence-corrected chi connectivity index (χ0v) is 11.6. The van der Waals surface area contributed by atoms with Gasteiger partial charge in [-0.2, -0.15) is 0 Å². The molecular weight excluding hydrogens is 222 g/mol. The quantitative estimate of drug-likeness (QED) is 0.886. The van der Waals surface area contributed by atoms with Gasteiger partial charge in [0.05, 0.1) is 5.60 Å². The monoisotopic (exact) mass is 247 g/mol. The lowest BCUT2D eigenvalue weighted by Crippen LogP contribution is -2.51. The summed E-state index contributed by atoms with van der Waals surface area (Å²) < 4.78 is 5.82. The Morgan fingerprint density at radius 2 is 2.00 bits per heavy atom. The number of ether oxygens (including phenoxy) is 1. The van der Waals surface area contributed by atoms with Gasteiger partial charge in [-0.05, 0) is 31.7 Å². The fourth-order valence-electron chi connectivity index (χ4n) is 3.16. The maximum Gasteiger partial charge on any atom is 0.0832 e. The Bertz CT molecular complexity index is 382. The molecule has 0 aliphatic heterocycles. The molecule has 1 aliphatic rings. The summed E-state index contributed by atoms with van der Waals surface area (Å²) in [6.07, 6.45) is 6.94. The zero-order valence-electron chi connectivity index (χ0n) is 11.6. The van der Waals surface area contributed by atoms with Crippen molar-refractivity contribution in [1.29, 1.82) is 0 Å². The van der Waals surface area contributed by atoms with Crippen LogP contribution in [0.2, 0.25) is 0 Å². The van der Waals surface area contributed by atoms with Crippen LogP contribution >= 0.6 is 0 Å². The fourth-order valence-corrected chi connectivity index (χ4v) is 3.16. The molecule has 0 aromatic heterocycles. The number of benzene rings is 1. The van der Waals surface area contributed by atoms with E-state index in [2.05, 4.69) is 31.2 Å². The number of rotatable bonds is 4. The first-order chi connectivity index (χ1) is 8.66. The summed E-state index contributed by atoms with van der Waals surface area (Å²) in [5.74, 6) is 0. The Balaban J connectivity index is 2.07. The summed E-state index contributed by atoms with van der Waals surface area (Å²) >= 11 is 0. The first kappa shape index (κ1) is 13.6. The van der Waals surface area contributed by atoms with Crippen LogP contribution in [0.25, 0.3) is 0 Å². The number of hydrogen-bond acceptors (Lipinski definition) is 2. The van der Waals surface area contributed by atoms with Gasteiger partial charge in [-0.1, -0.05) is 49.1 Å². The van der Waals surface area contributed by atoms with Crippen molar-refractivity contribution in [1.82, 2.24) is 0 Å². The van der Waals surface area contributed by atoms with Gasteiger partial charge < -0.3 is 10.5 Å². The van der Waals surface area contributed by atoms with Gasteiger partial charge in [-0.15, -0.1) is 0 Å². The first-order valence-corrected chi connectivity index (χ1v) is 7.02. The standard InChI is InChI=1S/C16H25NO/c1-13-7-6-8-14(11-13)12-15(17)16(18-2)9-4-3-5-10-16/h6-8,11,15H,3-5,9-10,12,17H2,1-2H3. The SMILES string of the molecule is COC1(C(N)Cc2cccc(C)c2)CCCCC1. The molecule has 2 heteroatoms. The minimum atomic E-state index is -0.0952. The summed E-state index contributed by atoms with van der Waals surface area (Å²) in [4.78, 5) is 0. The average molecular weight is 247 g/mol. The summed E-state index contributed by atoms with van der Waals surface area (Å²) in [5.41, 5.74) is 8.98. The van der Waals surface area contributed by atoms with E-state index < -0.39 is 0 Å². The summed E-state index contributed by atoms with van der Waals surface area (Å²) in [5, 5.41) is 0. The van der Waals surface area contributed by atoms with E-state index in [0.29, 0.717) is 0 Å². The van der Waals surface area contributed by atoms with Gasteiger partial charge in [-0.3, -0.25) is 0 Å². The predicted octanol–water partition coefficient (Wildman–Crippen LogP) is 3.21. The molecule has 1 aromatic rings. The number of methoxy groups -OCH3 is 1. The van der Waals surface area contributed by atoms with Gasteiger partial charge >= 0.3 is 0 Å². The molecular formula is C16H25NO. The molecule has 2 rings (SSSR count). The van der Waals surface area contributed by atoms with Crippen LogP contribution in [0.1, 0.15) is 43.2 Å². The van der Waals surface area contributed by atoms with E-state index in [9.17, 15) is 0 Å². The highest BCUT2D eigenvalue weighted by Crippen LogP contribution is 2.34. The van der Waals surface area contributed by atoms with Gasteiger partial charge in [0, 0.05) is 13.2 Å². The molecule has 2 N–H and O–H groups in total. The lowest BCUT2D eigenvalue weighted by Gasteiger charge is -2.41. The molecule has 0 amide bonds. The molecule has 0 radical (unpaired) electrons. The lowest BCUT2D eigenvalue weighted by molar-refractivity contribution is -0.0582. The molecule has 0 saturated heterocycles. The van der Waals surface area contributed by atoms with Gasteiger partial charge in [0.1, 0.15) is 0 Å². The lowest BCUT2D eigenvalue weighted by atomic mass is 9.77. The molecule has 1 aromatic carbocycles. The number of hydrogen-bond donors (Lipinski definition) is 1. The highest BCUT2D eigenvalue weighted by Gasteiger charge is 2.37. The van der Waals surface area contributed by atoms with Crippen molar-refractivity contribution in [2.75, 3.05) is 7.11 Å². The molecule has 0 spiro atoms. The van der Waals surface area contributed by atoms with Crippen molar-refractivity contribution in [2.45, 2.75) is 57.1 Å². The van der Waals surface area contributed by atoms with E-state index >= 15 is 0 Å². The molecule has 18 heavy (non-hydrogen) atoms. The van der Waals surface area contributed by atoms with Crippen LogP contribution in [0.5, 0.6) is 0 Å². The van der Waals surface area contributed by atoms with Gasteiger partial charge in [0.15, 0.2) is 0 Å². The maximum absolute atomic E-state index is 6.45. The third kappa shape index (κ3) is 2.93. The third-order valence-electron chi connectivity index (χ3n) is 4.32. The van der Waals surface area contributed by atoms with Gasteiger partial charge in [-0.25, -0.2) is 0 Å². The van der Waals surface area contributed by atoms with Gasteiger partial charge in [0.25, 0.3) is 0 Å². The minimum absolute atomic E-state index is 0.0952. The van der Waals surface area contributed by atoms with Crippen molar-refractivity contribution in [3.63, 3.8) is 0 Å². The van der Waals surface area contributed by atoms with E-state index in [-0.39, 0.29) is 11.6 Å². The van der Waals surface area contributed by atoms with Crippen molar-refractivity contribution >= 4 is 0 Å². The predicted molar refractivity (Wildman–Crippen MR) is 75.7 cm³/mol. The van der Waals surface area contributed by atoms with Crippen molar-refractivity contribution < 1.29 is 4.74 Å². The smallest absolute Gasteiger partial charge is 0.0832 e. The van der Waals surface area contributed by atoms with Crippen LogP contribution in [0.15, 0.2) is 24.3 Å². The van der Waals surface area contributed by atoms with Gasteiger partial charge in [0.2, 0.25) is 0 Å². The molecule has 0 heterocycles. The van der Waals surface area contributed by atoms with Crippen LogP contribution < -0.4 is 5.73 Å². The Morgan fingerprint density at radius 3 is 2.61 bits per heavy atom. The van der Waals surface area contributed by atoms with Crippen LogP contribution in [0.4, 0.5) is 0 Å². The summed E-state index contributed by atoms with van der Waals surface area (Å²) in [7, 11) is 1.82. The molecule has 1 unspecified atom stereocenters. The second-order valence-electron chi connectivity index (χ2n) is 5.63. The van der Waals surface area contributed by atoms with Crippen molar-refractivity contribution in [3.8, 4) is 0 Å².